The molecule has 108 valence electrons. The van der Waals surface area contributed by atoms with E-state index in [1.807, 2.05) is 0 Å². The number of hydrogen-bond acceptors (Lipinski definition) is 3. The largest absolute Gasteiger partial charge is 0.478 e. The average molecular weight is 307 g/mol. The van der Waals surface area contributed by atoms with Gasteiger partial charge in [0.1, 0.15) is 0 Å². The monoisotopic (exact) mass is 307 g/mol. The molecule has 0 aliphatic rings. The molecule has 1 N–H and O–H groups in total. The molecule has 0 radical (unpaired) electrons. The van der Waals surface area contributed by atoms with Crippen LogP contribution in [0, 0.1) is 17.0 Å². The van der Waals surface area contributed by atoms with Crippen LogP contribution in [0.15, 0.2) is 17.0 Å². The number of aromatic carboxylic acids is 1. The van der Waals surface area contributed by atoms with Gasteiger partial charge in [-0.3, -0.25) is 10.1 Å². The van der Waals surface area contributed by atoms with Crippen molar-refractivity contribution in [1.82, 2.24) is 0 Å². The third kappa shape index (κ3) is 3.10. The molecule has 19 heavy (non-hydrogen) atoms. The van der Waals surface area contributed by atoms with Gasteiger partial charge in [0.05, 0.1) is 10.5 Å². The van der Waals surface area contributed by atoms with Crippen LogP contribution in [-0.2, 0) is 0 Å². The molecule has 0 aliphatic heterocycles. The molecule has 1 aromatic carbocycles. The summed E-state index contributed by atoms with van der Waals surface area (Å²) in [6.45, 7) is 0.834. The summed E-state index contributed by atoms with van der Waals surface area (Å²) in [5, 5.41) is 19.0. The molecule has 1 aromatic rings. The van der Waals surface area contributed by atoms with Gasteiger partial charge in [-0.15, -0.1) is 0 Å². The van der Waals surface area contributed by atoms with Crippen LogP contribution in [0.4, 0.5) is 25.1 Å². The zero-order valence-electron chi connectivity index (χ0n) is 9.07. The van der Waals surface area contributed by atoms with E-state index >= 15 is 0 Å². The SMILES string of the molecule is Cc1cc(S(F)(F)(F)(F)F)c([N+](=O)[O-])cc1C(=O)O. The van der Waals surface area contributed by atoms with E-state index in [1.165, 1.54) is 0 Å². The summed E-state index contributed by atoms with van der Waals surface area (Å²) in [6, 6.07) is -0.242. The number of rotatable bonds is 3. The Morgan fingerprint density at radius 3 is 2.05 bits per heavy atom. The smallest absolute Gasteiger partial charge is 0.336 e. The number of carboxylic acid groups (broad SMARTS) is 1. The molecule has 0 spiro atoms. The second-order valence-corrected chi connectivity index (χ2v) is 6.04. The van der Waals surface area contributed by atoms with Crippen molar-refractivity contribution in [3.8, 4) is 0 Å². The number of nitro groups is 1. The maximum absolute atomic E-state index is 12.6. The van der Waals surface area contributed by atoms with E-state index in [0.29, 0.717) is 0 Å². The van der Waals surface area contributed by atoms with Gasteiger partial charge < -0.3 is 5.11 Å². The zero-order valence-corrected chi connectivity index (χ0v) is 9.89. The maximum atomic E-state index is 12.6. The van der Waals surface area contributed by atoms with Gasteiger partial charge in [0, 0.05) is 6.07 Å². The summed E-state index contributed by atoms with van der Waals surface area (Å²) in [5.41, 5.74) is -3.49. The van der Waals surface area contributed by atoms with Crippen LogP contribution in [0.2, 0.25) is 0 Å². The Kier molecular flexibility index (Phi) is 2.67. The summed E-state index contributed by atoms with van der Waals surface area (Å²) in [6.07, 6.45) is 0. The Morgan fingerprint density at radius 1 is 1.26 bits per heavy atom. The van der Waals surface area contributed by atoms with Crippen molar-refractivity contribution < 1.29 is 34.3 Å². The number of nitrogens with zero attached hydrogens (tertiary/aromatic N) is 1. The van der Waals surface area contributed by atoms with Crippen LogP contribution < -0.4 is 0 Å². The van der Waals surface area contributed by atoms with Crippen molar-refractivity contribution in [2.24, 2.45) is 0 Å². The van der Waals surface area contributed by atoms with Crippen molar-refractivity contribution in [3.05, 3.63) is 33.4 Å². The van der Waals surface area contributed by atoms with Crippen molar-refractivity contribution in [1.29, 1.82) is 0 Å². The van der Waals surface area contributed by atoms with E-state index in [9.17, 15) is 34.3 Å². The number of carbonyl (C=O) groups is 1. The molecule has 0 saturated carbocycles. The highest BCUT2D eigenvalue weighted by Crippen LogP contribution is 3.03. The van der Waals surface area contributed by atoms with Crippen molar-refractivity contribution in [3.63, 3.8) is 0 Å². The van der Waals surface area contributed by atoms with E-state index in [-0.39, 0.29) is 12.1 Å². The molecular weight excluding hydrogens is 301 g/mol. The molecule has 0 amide bonds. The van der Waals surface area contributed by atoms with E-state index in [4.69, 9.17) is 5.11 Å². The summed E-state index contributed by atoms with van der Waals surface area (Å²) in [7, 11) is -10.3. The minimum atomic E-state index is -10.3. The lowest BCUT2D eigenvalue weighted by molar-refractivity contribution is -0.388. The minimum Gasteiger partial charge on any atom is -0.478 e. The quantitative estimate of drug-likeness (QED) is 0.514. The topological polar surface area (TPSA) is 80.4 Å². The molecule has 0 aliphatic carbocycles. The third-order valence-electron chi connectivity index (χ3n) is 2.15. The maximum Gasteiger partial charge on any atom is 0.336 e. The third-order valence-corrected chi connectivity index (χ3v) is 3.31. The Morgan fingerprint density at radius 2 is 1.74 bits per heavy atom. The van der Waals surface area contributed by atoms with Gasteiger partial charge in [0.15, 0.2) is 4.90 Å². The lowest BCUT2D eigenvalue weighted by Gasteiger charge is -2.40. The van der Waals surface area contributed by atoms with Crippen LogP contribution in [0.5, 0.6) is 0 Å². The number of nitro benzene ring substituents is 1. The van der Waals surface area contributed by atoms with Gasteiger partial charge in [-0.2, -0.15) is 0 Å². The molecule has 5 nitrogen and oxygen atoms in total. The van der Waals surface area contributed by atoms with Gasteiger partial charge in [0.2, 0.25) is 0 Å². The van der Waals surface area contributed by atoms with E-state index in [1.54, 1.807) is 0 Å². The lowest BCUT2D eigenvalue weighted by Crippen LogP contribution is -2.12. The first kappa shape index (κ1) is 15.1. The van der Waals surface area contributed by atoms with Crippen molar-refractivity contribution in [2.75, 3.05) is 0 Å². The van der Waals surface area contributed by atoms with Crippen LogP contribution in [0.1, 0.15) is 15.9 Å². The van der Waals surface area contributed by atoms with Crippen LogP contribution in [0.25, 0.3) is 0 Å². The predicted molar refractivity (Wildman–Crippen MR) is 56.2 cm³/mol. The van der Waals surface area contributed by atoms with Crippen LogP contribution in [-0.4, -0.2) is 16.0 Å². The first-order valence-electron chi connectivity index (χ1n) is 4.40. The molecule has 1 rings (SSSR count). The molecule has 0 aromatic heterocycles. The van der Waals surface area contributed by atoms with Gasteiger partial charge in [-0.05, 0) is 18.6 Å². The number of halogens is 5. The predicted octanol–water partition coefficient (Wildman–Crippen LogP) is 4.26. The number of carboxylic acids is 1. The second-order valence-electron chi connectivity index (χ2n) is 3.67. The molecular formula is C8H6F5NO4S. The average Bonchev–Trinajstić information content (AvgIpc) is 2.12. The first-order valence-corrected chi connectivity index (χ1v) is 6.35. The molecule has 0 fully saturated rings. The molecule has 0 heterocycles. The fraction of sp³-hybridized carbons (Fsp3) is 0.125. The van der Waals surface area contributed by atoms with E-state index in [2.05, 4.69) is 0 Å². The normalized spacial score (nSPS) is 15.5. The highest BCUT2D eigenvalue weighted by molar-refractivity contribution is 8.45. The van der Waals surface area contributed by atoms with Gasteiger partial charge in [-0.25, -0.2) is 4.79 Å². The summed E-state index contributed by atoms with van der Waals surface area (Å²) in [4.78, 5) is 16.7. The first-order chi connectivity index (χ1) is 8.13. The summed E-state index contributed by atoms with van der Waals surface area (Å²) < 4.78 is 63.1. The molecule has 11 heteroatoms. The van der Waals surface area contributed by atoms with Crippen molar-refractivity contribution in [2.45, 2.75) is 11.8 Å². The minimum absolute atomic E-state index is 0.0229. The highest BCUT2D eigenvalue weighted by atomic mass is 32.5. The Bertz CT molecular complexity index is 597. The van der Waals surface area contributed by atoms with Crippen molar-refractivity contribution >= 4 is 21.9 Å². The summed E-state index contributed by atoms with van der Waals surface area (Å²) in [5.74, 6) is -1.76. The van der Waals surface area contributed by atoms with Gasteiger partial charge in [0.25, 0.3) is 5.69 Å². The fourth-order valence-corrected chi connectivity index (χ4v) is 2.28. The number of aryl methyl sites for hydroxylation is 1. The Balaban J connectivity index is 3.84. The summed E-state index contributed by atoms with van der Waals surface area (Å²) >= 11 is 0. The van der Waals surface area contributed by atoms with E-state index < -0.39 is 42.8 Å². The van der Waals surface area contributed by atoms with Gasteiger partial charge in [-0.1, -0.05) is 19.4 Å². The van der Waals surface area contributed by atoms with Crippen LogP contribution >= 0.6 is 10.2 Å². The van der Waals surface area contributed by atoms with Gasteiger partial charge >= 0.3 is 16.2 Å². The molecule has 0 bridgehead atoms. The fourth-order valence-electron chi connectivity index (χ4n) is 1.35. The zero-order chi connectivity index (χ0) is 15.3. The lowest BCUT2D eigenvalue weighted by atomic mass is 10.1. The highest BCUT2D eigenvalue weighted by Gasteiger charge is 2.69. The molecule has 0 unspecified atom stereocenters. The van der Waals surface area contributed by atoms with E-state index in [0.717, 1.165) is 6.92 Å². The number of benzene rings is 1. The molecule has 0 saturated heterocycles. The Hall–Kier alpha value is -1.91. The van der Waals surface area contributed by atoms with Crippen LogP contribution in [0.3, 0.4) is 0 Å². The number of hydrogen-bond donors (Lipinski definition) is 1. The Labute approximate surface area is 102 Å². The second kappa shape index (κ2) is 3.35. The standard InChI is InChI=1S/C8H6F5NO4S/c1-4-2-7(19(9,10,11,12)13)6(14(17)18)3-5(4)8(15)16/h2-3H,1H3,(H,15,16). The molecule has 0 atom stereocenters.